The molecule has 204 valence electrons. The minimum atomic E-state index is -4.02. The number of aryl methyl sites for hydroxylation is 3. The molecule has 0 radical (unpaired) electrons. The van der Waals surface area contributed by atoms with E-state index in [1.807, 2.05) is 32.9 Å². The van der Waals surface area contributed by atoms with E-state index in [-0.39, 0.29) is 34.7 Å². The summed E-state index contributed by atoms with van der Waals surface area (Å²) < 4.78 is 29.6. The fourth-order valence-corrected chi connectivity index (χ4v) is 5.70. The van der Waals surface area contributed by atoms with Gasteiger partial charge in [-0.2, -0.15) is 13.7 Å². The summed E-state index contributed by atoms with van der Waals surface area (Å²) in [6.45, 7) is 7.34. The Morgan fingerprint density at radius 3 is 2.24 bits per heavy atom. The highest BCUT2D eigenvalue weighted by Gasteiger charge is 2.38. The highest BCUT2D eigenvalue weighted by molar-refractivity contribution is 7.85. The van der Waals surface area contributed by atoms with Crippen LogP contribution in [0.1, 0.15) is 57.8 Å². The molecule has 38 heavy (non-hydrogen) atoms. The van der Waals surface area contributed by atoms with Gasteiger partial charge in [-0.25, -0.2) is 0 Å². The van der Waals surface area contributed by atoms with Crippen LogP contribution in [0.15, 0.2) is 41.3 Å². The van der Waals surface area contributed by atoms with E-state index in [9.17, 15) is 23.3 Å². The first-order chi connectivity index (χ1) is 17.8. The Bertz CT molecular complexity index is 1310. The predicted octanol–water partition coefficient (Wildman–Crippen LogP) is 3.21. The van der Waals surface area contributed by atoms with Gasteiger partial charge in [0.15, 0.2) is 0 Å². The Labute approximate surface area is 225 Å². The lowest BCUT2D eigenvalue weighted by Gasteiger charge is -2.23. The van der Waals surface area contributed by atoms with Gasteiger partial charge in [0.1, 0.15) is 6.04 Å². The molecule has 10 heteroatoms. The SMILES string of the molecule is Cc1cc(C(=O)N(C)C)cc(C)c1[C@@H]1CN[C@H](C(=O)N2CCC[C@H]2C#N)C1.Cc1ccc(S(=O)(=O)O)cc1. The van der Waals surface area contributed by atoms with Gasteiger partial charge in [-0.3, -0.25) is 14.1 Å². The number of amides is 2. The lowest BCUT2D eigenvalue weighted by Crippen LogP contribution is -2.45. The number of nitrogens with one attached hydrogen (secondary N) is 1. The third kappa shape index (κ3) is 6.78. The van der Waals surface area contributed by atoms with Crippen LogP contribution in [-0.4, -0.2) is 73.9 Å². The zero-order chi connectivity index (χ0) is 28.2. The van der Waals surface area contributed by atoms with Crippen molar-refractivity contribution in [2.75, 3.05) is 27.2 Å². The van der Waals surface area contributed by atoms with Crippen LogP contribution in [0.2, 0.25) is 0 Å². The molecule has 0 bridgehead atoms. The van der Waals surface area contributed by atoms with Crippen LogP contribution in [-0.2, 0) is 14.9 Å². The van der Waals surface area contributed by atoms with Gasteiger partial charge in [0.25, 0.3) is 16.0 Å². The Balaban J connectivity index is 0.000000304. The van der Waals surface area contributed by atoms with Crippen molar-refractivity contribution in [2.45, 2.75) is 62.9 Å². The summed E-state index contributed by atoms with van der Waals surface area (Å²) in [5, 5.41) is 12.6. The number of rotatable bonds is 4. The molecule has 2 N–H and O–H groups in total. The third-order valence-electron chi connectivity index (χ3n) is 7.09. The van der Waals surface area contributed by atoms with Crippen molar-refractivity contribution < 1.29 is 22.6 Å². The molecule has 2 aliphatic heterocycles. The first-order valence-corrected chi connectivity index (χ1v) is 14.1. The molecule has 2 aliphatic rings. The first kappa shape index (κ1) is 29.3. The van der Waals surface area contributed by atoms with Gasteiger partial charge in [0.05, 0.1) is 17.0 Å². The first-order valence-electron chi connectivity index (χ1n) is 12.6. The second-order valence-corrected chi connectivity index (χ2v) is 11.6. The highest BCUT2D eigenvalue weighted by atomic mass is 32.2. The average Bonchev–Trinajstić information content (AvgIpc) is 3.53. The van der Waals surface area contributed by atoms with Gasteiger partial charge in [-0.05, 0) is 86.9 Å². The summed E-state index contributed by atoms with van der Waals surface area (Å²) in [7, 11) is -0.510. The Morgan fingerprint density at radius 1 is 1.11 bits per heavy atom. The van der Waals surface area contributed by atoms with Crippen molar-refractivity contribution in [1.29, 1.82) is 5.26 Å². The summed E-state index contributed by atoms with van der Waals surface area (Å²) in [5.41, 5.74) is 5.07. The molecule has 2 aromatic carbocycles. The Morgan fingerprint density at radius 2 is 1.71 bits per heavy atom. The number of hydrogen-bond donors (Lipinski definition) is 2. The molecular weight excluding hydrogens is 504 g/mol. The van der Waals surface area contributed by atoms with Crippen LogP contribution in [0, 0.1) is 32.1 Å². The maximum atomic E-state index is 12.8. The maximum absolute atomic E-state index is 12.8. The predicted molar refractivity (Wildman–Crippen MR) is 144 cm³/mol. The molecule has 2 aromatic rings. The van der Waals surface area contributed by atoms with E-state index in [0.29, 0.717) is 12.1 Å². The standard InChI is InChI=1S/C21H28N4O2.C7H8O3S/c1-13-8-15(20(26)24(3)4)9-14(2)19(13)16-10-18(23-12-16)21(27)25-7-5-6-17(25)11-22;1-6-2-4-7(5-3-6)11(8,9)10/h8-9,16-18,23H,5-7,10,12H2,1-4H3;2-5H,1H3,(H,8,9,10)/t16-,17-,18-;/m0./s1. The van der Waals surface area contributed by atoms with Gasteiger partial charge in [-0.15, -0.1) is 0 Å². The second kappa shape index (κ2) is 12.1. The van der Waals surface area contributed by atoms with Gasteiger partial charge in [0.2, 0.25) is 5.91 Å². The van der Waals surface area contributed by atoms with Crippen molar-refractivity contribution in [3.05, 3.63) is 64.2 Å². The molecule has 4 rings (SSSR count). The maximum Gasteiger partial charge on any atom is 0.294 e. The monoisotopic (exact) mass is 540 g/mol. The van der Waals surface area contributed by atoms with Gasteiger partial charge < -0.3 is 15.1 Å². The zero-order valence-electron chi connectivity index (χ0n) is 22.6. The topological polar surface area (TPSA) is 131 Å². The third-order valence-corrected chi connectivity index (χ3v) is 7.96. The number of carbonyl (C=O) groups is 2. The van der Waals surface area contributed by atoms with Crippen molar-refractivity contribution in [2.24, 2.45) is 0 Å². The molecule has 0 spiro atoms. The molecule has 0 aliphatic carbocycles. The van der Waals surface area contributed by atoms with Crippen LogP contribution in [0.5, 0.6) is 0 Å². The summed E-state index contributed by atoms with van der Waals surface area (Å²) in [6, 6.07) is 11.6. The molecule has 2 heterocycles. The fraction of sp³-hybridized carbons (Fsp3) is 0.464. The highest BCUT2D eigenvalue weighted by Crippen LogP contribution is 2.33. The van der Waals surface area contributed by atoms with E-state index in [2.05, 4.69) is 11.4 Å². The van der Waals surface area contributed by atoms with Crippen molar-refractivity contribution >= 4 is 21.9 Å². The molecule has 0 unspecified atom stereocenters. The zero-order valence-corrected chi connectivity index (χ0v) is 23.4. The smallest absolute Gasteiger partial charge is 0.294 e. The number of nitriles is 1. The Hall–Kier alpha value is -3.26. The molecule has 2 saturated heterocycles. The van der Waals surface area contributed by atoms with Crippen molar-refractivity contribution in [3.8, 4) is 6.07 Å². The lowest BCUT2D eigenvalue weighted by molar-refractivity contribution is -0.133. The van der Waals surface area contributed by atoms with Crippen LogP contribution < -0.4 is 5.32 Å². The summed E-state index contributed by atoms with van der Waals surface area (Å²) in [5.74, 6) is 0.295. The van der Waals surface area contributed by atoms with Crippen LogP contribution in [0.4, 0.5) is 0 Å². The quantitative estimate of drug-likeness (QED) is 0.570. The van der Waals surface area contributed by atoms with Gasteiger partial charge in [0, 0.05) is 32.7 Å². The van der Waals surface area contributed by atoms with Crippen molar-refractivity contribution in [3.63, 3.8) is 0 Å². The van der Waals surface area contributed by atoms with Crippen molar-refractivity contribution in [1.82, 2.24) is 15.1 Å². The number of carbonyl (C=O) groups excluding carboxylic acids is 2. The Kier molecular flexibility index (Phi) is 9.31. The van der Waals surface area contributed by atoms with E-state index in [0.717, 1.165) is 42.5 Å². The number of nitrogens with zero attached hydrogens (tertiary/aromatic N) is 3. The molecule has 2 fully saturated rings. The largest absolute Gasteiger partial charge is 0.345 e. The summed E-state index contributed by atoms with van der Waals surface area (Å²) >= 11 is 0. The fourth-order valence-electron chi connectivity index (χ4n) is 5.22. The lowest BCUT2D eigenvalue weighted by atomic mass is 9.87. The normalized spacial score (nSPS) is 20.9. The minimum absolute atomic E-state index is 0.00179. The van der Waals surface area contributed by atoms with E-state index in [4.69, 9.17) is 4.55 Å². The number of likely N-dealkylation sites (tertiary alicyclic amines) is 1. The molecule has 3 atom stereocenters. The van der Waals surface area contributed by atoms with Crippen LogP contribution in [0.3, 0.4) is 0 Å². The van der Waals surface area contributed by atoms with Gasteiger partial charge in [-0.1, -0.05) is 17.7 Å². The van der Waals surface area contributed by atoms with E-state index in [1.54, 1.807) is 36.0 Å². The van der Waals surface area contributed by atoms with E-state index in [1.165, 1.54) is 17.7 Å². The minimum Gasteiger partial charge on any atom is -0.345 e. The molecule has 0 aromatic heterocycles. The van der Waals surface area contributed by atoms with Gasteiger partial charge >= 0.3 is 0 Å². The summed E-state index contributed by atoms with van der Waals surface area (Å²) in [6.07, 6.45) is 2.41. The number of benzene rings is 2. The molecule has 0 saturated carbocycles. The van der Waals surface area contributed by atoms with Crippen LogP contribution >= 0.6 is 0 Å². The second-order valence-electron chi connectivity index (χ2n) is 10.2. The molecule has 2 amide bonds. The molecule has 9 nitrogen and oxygen atoms in total. The van der Waals surface area contributed by atoms with E-state index >= 15 is 0 Å². The number of hydrogen-bond acceptors (Lipinski definition) is 6. The van der Waals surface area contributed by atoms with Crippen LogP contribution in [0.25, 0.3) is 0 Å². The van der Waals surface area contributed by atoms with E-state index < -0.39 is 10.1 Å². The summed E-state index contributed by atoms with van der Waals surface area (Å²) in [4.78, 5) is 28.4. The molecular formula is C28H36N4O5S. The average molecular weight is 541 g/mol.